The topological polar surface area (TPSA) is 140 Å². The first-order valence-corrected chi connectivity index (χ1v) is 12.8. The van der Waals surface area contributed by atoms with Crippen LogP contribution in [0.5, 0.6) is 0 Å². The van der Waals surface area contributed by atoms with Crippen molar-refractivity contribution in [3.8, 4) is 0 Å². The Kier molecular flexibility index (Phi) is 6.11. The zero-order valence-corrected chi connectivity index (χ0v) is 21.4. The summed E-state index contributed by atoms with van der Waals surface area (Å²) >= 11 is 6.25. The smallest absolute Gasteiger partial charge is 0.412 e. The van der Waals surface area contributed by atoms with Crippen molar-refractivity contribution in [2.24, 2.45) is 0 Å². The Morgan fingerprint density at radius 2 is 1.97 bits per heavy atom. The van der Waals surface area contributed by atoms with E-state index in [-0.39, 0.29) is 24.7 Å². The van der Waals surface area contributed by atoms with Gasteiger partial charge in [0.2, 0.25) is 5.91 Å². The van der Waals surface area contributed by atoms with Crippen molar-refractivity contribution in [1.82, 2.24) is 15.4 Å². The fraction of sp³-hybridized carbons (Fsp3) is 0.214. The van der Waals surface area contributed by atoms with Crippen LogP contribution in [-0.2, 0) is 21.6 Å². The third kappa shape index (κ3) is 4.63. The lowest BCUT2D eigenvalue weighted by Gasteiger charge is -2.35. The molecular formula is C28H24ClN5O5. The van der Waals surface area contributed by atoms with Gasteiger partial charge in [-0.2, -0.15) is 0 Å². The van der Waals surface area contributed by atoms with Crippen molar-refractivity contribution < 1.29 is 23.6 Å². The summed E-state index contributed by atoms with van der Waals surface area (Å²) in [6, 6.07) is 18.5. The molecule has 1 aromatic heterocycles. The number of aromatic nitrogens is 1. The number of fused-ring (bicyclic) bond motifs is 3. The fourth-order valence-corrected chi connectivity index (χ4v) is 5.43. The Balaban J connectivity index is 1.27. The third-order valence-corrected chi connectivity index (χ3v) is 7.42. The molecule has 3 heterocycles. The van der Waals surface area contributed by atoms with Crippen LogP contribution in [-0.4, -0.2) is 47.1 Å². The first-order valence-electron chi connectivity index (χ1n) is 12.4. The van der Waals surface area contributed by atoms with E-state index < -0.39 is 23.6 Å². The minimum atomic E-state index is -1.03. The van der Waals surface area contributed by atoms with Crippen LogP contribution in [0.4, 0.5) is 16.3 Å². The number of amides is 3. The molecule has 2 aliphatic rings. The molecule has 11 heteroatoms. The van der Waals surface area contributed by atoms with E-state index >= 15 is 0 Å². The van der Waals surface area contributed by atoms with Gasteiger partial charge >= 0.3 is 6.09 Å². The van der Waals surface area contributed by atoms with Crippen LogP contribution in [0.15, 0.2) is 71.3 Å². The van der Waals surface area contributed by atoms with Crippen LogP contribution in [0.25, 0.3) is 11.0 Å². The second-order valence-corrected chi connectivity index (χ2v) is 10.1. The van der Waals surface area contributed by atoms with Crippen molar-refractivity contribution >= 4 is 52.0 Å². The first kappa shape index (κ1) is 24.7. The largest absolute Gasteiger partial charge is 0.436 e. The van der Waals surface area contributed by atoms with E-state index in [9.17, 15) is 14.4 Å². The Bertz CT molecular complexity index is 1610. The summed E-state index contributed by atoms with van der Waals surface area (Å²) in [7, 11) is 0. The van der Waals surface area contributed by atoms with Crippen LogP contribution < -0.4 is 16.4 Å². The molecule has 3 aromatic carbocycles. The lowest BCUT2D eigenvalue weighted by molar-refractivity contribution is -0.133. The van der Waals surface area contributed by atoms with Gasteiger partial charge in [-0.1, -0.05) is 47.1 Å². The summed E-state index contributed by atoms with van der Waals surface area (Å²) in [4.78, 5) is 41.2. The maximum atomic E-state index is 13.9. The molecular weight excluding hydrogens is 522 g/mol. The summed E-state index contributed by atoms with van der Waals surface area (Å²) in [5.74, 6) is -0.494. The van der Waals surface area contributed by atoms with Gasteiger partial charge in [-0.05, 0) is 42.0 Å². The number of carbonyl (C=O) groups is 3. The monoisotopic (exact) mass is 545 g/mol. The average Bonchev–Trinajstić information content (AvgIpc) is 3.52. The number of nitrogens with zero attached hydrogens (tertiary/aromatic N) is 2. The maximum Gasteiger partial charge on any atom is 0.412 e. The standard InChI is InChI=1S/C28H24ClN5O5/c29-18-7-9-21-20(14-18)28(38-27(37)32-21)10-11-34(15-28)26(36)22(12-16-4-2-1-3-5-16)31-25(35)17-6-8-19-23(13-17)39-33-24(19)30/h1-9,13-14,22H,10-12,15H2,(H2,30,33)(H,31,35)(H,32,37)/t22?,28-/m0/s1. The van der Waals surface area contributed by atoms with Gasteiger partial charge in [0.25, 0.3) is 5.91 Å². The number of anilines is 2. The number of carbonyl (C=O) groups excluding carboxylic acids is 3. The van der Waals surface area contributed by atoms with Crippen molar-refractivity contribution in [2.45, 2.75) is 24.5 Å². The molecule has 39 heavy (non-hydrogen) atoms. The average molecular weight is 546 g/mol. The van der Waals surface area contributed by atoms with Crippen LogP contribution in [0.2, 0.25) is 5.02 Å². The number of nitrogen functional groups attached to an aromatic ring is 1. The molecule has 6 rings (SSSR count). The van der Waals surface area contributed by atoms with E-state index in [0.717, 1.165) is 5.56 Å². The molecule has 1 unspecified atom stereocenters. The molecule has 0 radical (unpaired) electrons. The number of benzene rings is 3. The van der Waals surface area contributed by atoms with Gasteiger partial charge in [-0.15, -0.1) is 0 Å². The lowest BCUT2D eigenvalue weighted by atomic mass is 9.90. The van der Waals surface area contributed by atoms with Gasteiger partial charge in [0.05, 0.1) is 17.6 Å². The number of rotatable bonds is 5. The zero-order valence-electron chi connectivity index (χ0n) is 20.6. The molecule has 4 N–H and O–H groups in total. The van der Waals surface area contributed by atoms with Crippen LogP contribution >= 0.6 is 11.6 Å². The SMILES string of the molecule is Nc1noc2cc(C(=O)NC(Cc3ccccc3)C(=O)N3CC[C@@]4(C3)OC(=O)Nc3ccc(Cl)cc34)ccc12. The first-order chi connectivity index (χ1) is 18.8. The van der Waals surface area contributed by atoms with Crippen molar-refractivity contribution in [1.29, 1.82) is 0 Å². The second-order valence-electron chi connectivity index (χ2n) is 9.70. The highest BCUT2D eigenvalue weighted by atomic mass is 35.5. The van der Waals surface area contributed by atoms with E-state index in [2.05, 4.69) is 15.8 Å². The molecule has 10 nitrogen and oxygen atoms in total. The van der Waals surface area contributed by atoms with Gasteiger partial charge in [-0.3, -0.25) is 14.9 Å². The van der Waals surface area contributed by atoms with Crippen molar-refractivity contribution in [3.05, 3.63) is 88.4 Å². The summed E-state index contributed by atoms with van der Waals surface area (Å²) in [5.41, 5.74) is 7.63. The zero-order chi connectivity index (χ0) is 27.1. The van der Waals surface area contributed by atoms with E-state index in [1.807, 2.05) is 30.3 Å². The molecule has 0 aliphatic carbocycles. The Morgan fingerprint density at radius 1 is 1.15 bits per heavy atom. The Labute approximate surface area is 228 Å². The van der Waals surface area contributed by atoms with Crippen LogP contribution in [0.3, 0.4) is 0 Å². The number of hydrogen-bond donors (Lipinski definition) is 3. The van der Waals surface area contributed by atoms with Crippen LogP contribution in [0.1, 0.15) is 27.9 Å². The molecule has 0 saturated carbocycles. The Hall–Kier alpha value is -4.57. The number of nitrogens with two attached hydrogens (primary N) is 1. The summed E-state index contributed by atoms with van der Waals surface area (Å²) in [6.07, 6.45) is 0.0855. The van der Waals surface area contributed by atoms with Gasteiger partial charge in [0.15, 0.2) is 17.0 Å². The van der Waals surface area contributed by atoms with E-state index in [1.165, 1.54) is 6.07 Å². The minimum Gasteiger partial charge on any atom is -0.436 e. The molecule has 0 bridgehead atoms. The summed E-state index contributed by atoms with van der Waals surface area (Å²) in [6.45, 7) is 0.472. The fourth-order valence-electron chi connectivity index (χ4n) is 5.25. The van der Waals surface area contributed by atoms with Gasteiger partial charge in [0.1, 0.15) is 6.04 Å². The second kappa shape index (κ2) is 9.63. The molecule has 4 aromatic rings. The van der Waals surface area contributed by atoms with Crippen molar-refractivity contribution in [2.75, 3.05) is 24.1 Å². The maximum absolute atomic E-state index is 13.9. The van der Waals surface area contributed by atoms with Crippen LogP contribution in [0, 0.1) is 0 Å². The molecule has 3 amide bonds. The molecule has 1 fully saturated rings. The normalized spacial score (nSPS) is 18.9. The molecule has 1 spiro atoms. The predicted octanol–water partition coefficient (Wildman–Crippen LogP) is 4.09. The van der Waals surface area contributed by atoms with Gasteiger partial charge < -0.3 is 25.2 Å². The summed E-state index contributed by atoms with van der Waals surface area (Å²) in [5, 5.41) is 10.4. The van der Waals surface area contributed by atoms with E-state index in [4.69, 9.17) is 26.6 Å². The summed E-state index contributed by atoms with van der Waals surface area (Å²) < 4.78 is 11.0. The number of likely N-dealkylation sites (tertiary alicyclic amines) is 1. The lowest BCUT2D eigenvalue weighted by Crippen LogP contribution is -2.50. The molecule has 2 atom stereocenters. The van der Waals surface area contributed by atoms with Gasteiger partial charge in [-0.25, -0.2) is 4.79 Å². The van der Waals surface area contributed by atoms with Crippen molar-refractivity contribution in [3.63, 3.8) is 0 Å². The quantitative estimate of drug-likeness (QED) is 0.343. The minimum absolute atomic E-state index is 0.136. The highest BCUT2D eigenvalue weighted by molar-refractivity contribution is 6.30. The third-order valence-electron chi connectivity index (χ3n) is 7.19. The predicted molar refractivity (Wildman–Crippen MR) is 144 cm³/mol. The highest BCUT2D eigenvalue weighted by Crippen LogP contribution is 2.44. The number of ether oxygens (including phenoxy) is 1. The Morgan fingerprint density at radius 3 is 2.79 bits per heavy atom. The molecule has 1 saturated heterocycles. The van der Waals surface area contributed by atoms with E-state index in [1.54, 1.807) is 35.2 Å². The molecule has 2 aliphatic heterocycles. The van der Waals surface area contributed by atoms with Gasteiger partial charge in [0, 0.05) is 35.5 Å². The molecule has 198 valence electrons. The van der Waals surface area contributed by atoms with E-state index in [0.29, 0.717) is 45.8 Å². The number of halogens is 1. The number of hydrogen-bond acceptors (Lipinski definition) is 7. The highest BCUT2D eigenvalue weighted by Gasteiger charge is 2.49. The number of nitrogens with one attached hydrogen (secondary N) is 2.